The maximum absolute atomic E-state index is 11.2. The van der Waals surface area contributed by atoms with Crippen molar-refractivity contribution in [2.45, 2.75) is 19.4 Å². The van der Waals surface area contributed by atoms with Crippen molar-refractivity contribution in [2.75, 3.05) is 11.9 Å². The molecule has 90 valence electrons. The molecule has 0 spiro atoms. The van der Waals surface area contributed by atoms with Crippen LogP contribution < -0.4 is 4.90 Å². The van der Waals surface area contributed by atoms with Gasteiger partial charge >= 0.3 is 5.97 Å². The number of fused-ring (bicyclic) bond motifs is 1. The first-order chi connectivity index (χ1) is 7.94. The van der Waals surface area contributed by atoms with Crippen molar-refractivity contribution < 1.29 is 14.3 Å². The van der Waals surface area contributed by atoms with E-state index in [1.54, 1.807) is 38.1 Å². The summed E-state index contributed by atoms with van der Waals surface area (Å²) in [6, 6.07) is 1.72. The molecule has 17 heavy (non-hydrogen) atoms. The van der Waals surface area contributed by atoms with E-state index in [-0.39, 0.29) is 0 Å². The van der Waals surface area contributed by atoms with Gasteiger partial charge in [0.1, 0.15) is 5.54 Å². The number of hydrogen-bond acceptors (Lipinski definition) is 5. The molecule has 0 amide bonds. The van der Waals surface area contributed by atoms with Gasteiger partial charge < -0.3 is 14.4 Å². The summed E-state index contributed by atoms with van der Waals surface area (Å²) in [5.74, 6) is -0.909. The number of rotatable bonds is 3. The molecule has 2 rings (SSSR count). The first-order valence-electron chi connectivity index (χ1n) is 5.10. The van der Waals surface area contributed by atoms with Crippen molar-refractivity contribution >= 4 is 22.9 Å². The number of carboxylic acid groups (broad SMARTS) is 1. The Morgan fingerprint density at radius 3 is 2.82 bits per heavy atom. The van der Waals surface area contributed by atoms with E-state index in [2.05, 4.69) is 9.97 Å². The summed E-state index contributed by atoms with van der Waals surface area (Å²) in [7, 11) is 1.71. The lowest BCUT2D eigenvalue weighted by atomic mass is 10.0. The van der Waals surface area contributed by atoms with Crippen LogP contribution in [-0.4, -0.2) is 33.6 Å². The van der Waals surface area contributed by atoms with E-state index in [0.29, 0.717) is 16.9 Å². The van der Waals surface area contributed by atoms with Crippen LogP contribution in [0.1, 0.15) is 13.8 Å². The number of likely N-dealkylation sites (N-methyl/N-ethyl adjacent to an activating group) is 1. The third kappa shape index (κ3) is 1.71. The molecule has 0 saturated heterocycles. The number of oxazole rings is 1. The zero-order valence-corrected chi connectivity index (χ0v) is 9.84. The van der Waals surface area contributed by atoms with Crippen LogP contribution >= 0.6 is 0 Å². The third-order valence-electron chi connectivity index (χ3n) is 2.94. The molecule has 1 N–H and O–H groups in total. The topological polar surface area (TPSA) is 79.5 Å². The summed E-state index contributed by atoms with van der Waals surface area (Å²) in [5, 5.41) is 9.19. The molecule has 0 radical (unpaired) electrons. The molecule has 6 nitrogen and oxygen atoms in total. The molecular weight excluding hydrogens is 222 g/mol. The maximum Gasteiger partial charge on any atom is 0.328 e. The van der Waals surface area contributed by atoms with Crippen molar-refractivity contribution in [3.05, 3.63) is 18.7 Å². The monoisotopic (exact) mass is 235 g/mol. The number of nitrogens with zero attached hydrogens (tertiary/aromatic N) is 3. The fourth-order valence-corrected chi connectivity index (χ4v) is 1.48. The standard InChI is InChI=1S/C11H13N3O3/c1-11(2,10(15)16)14(3)7-4-5-12-9-8(7)13-6-17-9/h4-6H,1-3H3,(H,15,16). The van der Waals surface area contributed by atoms with Crippen LogP contribution in [0, 0.1) is 0 Å². The Hall–Kier alpha value is -2.11. The molecule has 0 aliphatic heterocycles. The van der Waals surface area contributed by atoms with Gasteiger partial charge in [-0.05, 0) is 19.9 Å². The van der Waals surface area contributed by atoms with Gasteiger partial charge in [-0.1, -0.05) is 0 Å². The third-order valence-corrected chi connectivity index (χ3v) is 2.94. The van der Waals surface area contributed by atoms with Crippen LogP contribution in [0.4, 0.5) is 5.69 Å². The van der Waals surface area contributed by atoms with Gasteiger partial charge in [-0.15, -0.1) is 0 Å². The zero-order valence-electron chi connectivity index (χ0n) is 9.84. The SMILES string of the molecule is CN(c1ccnc2ocnc12)C(C)(C)C(=O)O. The molecule has 0 atom stereocenters. The van der Waals surface area contributed by atoms with Gasteiger partial charge in [0.15, 0.2) is 11.9 Å². The van der Waals surface area contributed by atoms with Gasteiger partial charge in [0.2, 0.25) is 5.71 Å². The number of aliphatic carboxylic acids is 1. The van der Waals surface area contributed by atoms with Crippen molar-refractivity contribution in [2.24, 2.45) is 0 Å². The lowest BCUT2D eigenvalue weighted by Crippen LogP contribution is -2.48. The summed E-state index contributed by atoms with van der Waals surface area (Å²) in [6.07, 6.45) is 2.86. The second-order valence-electron chi connectivity index (χ2n) is 4.26. The van der Waals surface area contributed by atoms with E-state index in [1.807, 2.05) is 0 Å². The number of hydrogen-bond donors (Lipinski definition) is 1. The Bertz CT molecular complexity index is 562. The highest BCUT2D eigenvalue weighted by Crippen LogP contribution is 2.28. The smallest absolute Gasteiger partial charge is 0.328 e. The summed E-state index contributed by atoms with van der Waals surface area (Å²) < 4.78 is 5.09. The Morgan fingerprint density at radius 2 is 2.18 bits per heavy atom. The highest BCUT2D eigenvalue weighted by Gasteiger charge is 2.33. The summed E-state index contributed by atoms with van der Waals surface area (Å²) in [5.41, 5.74) is 0.601. The van der Waals surface area contributed by atoms with Crippen LogP contribution in [0.2, 0.25) is 0 Å². The normalized spacial score (nSPS) is 11.7. The molecular formula is C11H13N3O3. The van der Waals surface area contributed by atoms with Crippen LogP contribution in [0.15, 0.2) is 23.1 Å². The van der Waals surface area contributed by atoms with E-state index >= 15 is 0 Å². The minimum atomic E-state index is -1.03. The molecule has 2 aromatic rings. The van der Waals surface area contributed by atoms with E-state index in [9.17, 15) is 9.90 Å². The molecule has 2 heterocycles. The molecule has 0 aromatic carbocycles. The number of carboxylic acids is 1. The molecule has 0 aliphatic rings. The predicted octanol–water partition coefficient (Wildman–Crippen LogP) is 1.52. The van der Waals surface area contributed by atoms with Crippen molar-refractivity contribution in [1.29, 1.82) is 0 Å². The lowest BCUT2D eigenvalue weighted by molar-refractivity contribution is -0.142. The molecule has 0 aliphatic carbocycles. The molecule has 0 fully saturated rings. The summed E-state index contributed by atoms with van der Waals surface area (Å²) >= 11 is 0. The number of anilines is 1. The Morgan fingerprint density at radius 1 is 1.47 bits per heavy atom. The second-order valence-corrected chi connectivity index (χ2v) is 4.26. The molecule has 0 unspecified atom stereocenters. The van der Waals surface area contributed by atoms with E-state index in [1.165, 1.54) is 6.39 Å². The zero-order chi connectivity index (χ0) is 12.6. The van der Waals surface area contributed by atoms with Crippen molar-refractivity contribution in [1.82, 2.24) is 9.97 Å². The van der Waals surface area contributed by atoms with Gasteiger partial charge in [-0.25, -0.2) is 14.8 Å². The van der Waals surface area contributed by atoms with Crippen LogP contribution in [0.25, 0.3) is 11.2 Å². The minimum Gasteiger partial charge on any atom is -0.480 e. The number of pyridine rings is 1. The Labute approximate surface area is 97.9 Å². The van der Waals surface area contributed by atoms with Crippen LogP contribution in [0.3, 0.4) is 0 Å². The maximum atomic E-state index is 11.2. The highest BCUT2D eigenvalue weighted by atomic mass is 16.4. The average molecular weight is 235 g/mol. The second kappa shape index (κ2) is 3.73. The fraction of sp³-hybridized carbons (Fsp3) is 0.364. The summed E-state index contributed by atoms with van der Waals surface area (Å²) in [6.45, 7) is 3.25. The van der Waals surface area contributed by atoms with E-state index < -0.39 is 11.5 Å². The van der Waals surface area contributed by atoms with E-state index in [0.717, 1.165) is 0 Å². The van der Waals surface area contributed by atoms with Gasteiger partial charge in [0.05, 0.1) is 5.69 Å². The minimum absolute atomic E-state index is 0.399. The summed E-state index contributed by atoms with van der Waals surface area (Å²) in [4.78, 5) is 20.9. The average Bonchev–Trinajstić information content (AvgIpc) is 2.75. The van der Waals surface area contributed by atoms with Crippen LogP contribution in [-0.2, 0) is 4.79 Å². The molecule has 2 aromatic heterocycles. The first kappa shape index (κ1) is 11.4. The van der Waals surface area contributed by atoms with Gasteiger partial charge in [-0.2, -0.15) is 0 Å². The number of aromatic nitrogens is 2. The highest BCUT2D eigenvalue weighted by molar-refractivity contribution is 5.89. The Balaban J connectivity index is 2.53. The molecule has 0 bridgehead atoms. The fourth-order valence-electron chi connectivity index (χ4n) is 1.48. The molecule has 0 saturated carbocycles. The first-order valence-corrected chi connectivity index (χ1v) is 5.10. The number of carbonyl (C=O) groups is 1. The van der Waals surface area contributed by atoms with Gasteiger partial charge in [0.25, 0.3) is 0 Å². The van der Waals surface area contributed by atoms with Crippen molar-refractivity contribution in [3.8, 4) is 0 Å². The largest absolute Gasteiger partial charge is 0.480 e. The quantitative estimate of drug-likeness (QED) is 0.868. The van der Waals surface area contributed by atoms with Crippen molar-refractivity contribution in [3.63, 3.8) is 0 Å². The molecule has 6 heteroatoms. The Kier molecular flexibility index (Phi) is 2.49. The predicted molar refractivity (Wildman–Crippen MR) is 61.9 cm³/mol. The lowest BCUT2D eigenvalue weighted by Gasteiger charge is -2.33. The van der Waals surface area contributed by atoms with Gasteiger partial charge in [0, 0.05) is 13.2 Å². The van der Waals surface area contributed by atoms with E-state index in [4.69, 9.17) is 4.42 Å². The van der Waals surface area contributed by atoms with Crippen LogP contribution in [0.5, 0.6) is 0 Å². The van der Waals surface area contributed by atoms with Gasteiger partial charge in [-0.3, -0.25) is 0 Å².